The molecule has 2 saturated heterocycles. The molecule has 0 radical (unpaired) electrons. The number of hydrazine groups is 1. The number of carbonyl (C=O) groups excluding carboxylic acids is 4. The summed E-state index contributed by atoms with van der Waals surface area (Å²) in [4.78, 5) is 65.4. The predicted molar refractivity (Wildman–Crippen MR) is 221 cm³/mol. The van der Waals surface area contributed by atoms with Crippen LogP contribution >= 0.6 is 23.2 Å². The number of rotatable bonds is 7. The molecule has 4 aliphatic rings. The van der Waals surface area contributed by atoms with Gasteiger partial charge < -0.3 is 14.3 Å². The molecule has 2 aliphatic heterocycles. The Hall–Kier alpha value is -6.43. The van der Waals surface area contributed by atoms with E-state index in [9.17, 15) is 19.5 Å². The third-order valence-electron chi connectivity index (χ3n) is 12.5. The minimum absolute atomic E-state index is 0.0281. The van der Waals surface area contributed by atoms with Gasteiger partial charge in [-0.05, 0) is 109 Å². The quantitative estimate of drug-likeness (QED) is 0.119. The second kappa shape index (κ2) is 13.9. The lowest BCUT2D eigenvalue weighted by atomic mass is 9.49. The van der Waals surface area contributed by atoms with Crippen molar-refractivity contribution in [3.63, 3.8) is 0 Å². The van der Waals surface area contributed by atoms with Gasteiger partial charge in [-0.1, -0.05) is 71.2 Å². The number of nitrogens with one attached hydrogen (secondary N) is 1. The zero-order chi connectivity index (χ0) is 40.7. The SMILES string of the molecule is COc1ccc(C23C(=O)N(Nc4ccc(Cl)cc4Cl)C(=O)C2CC2C(=CCC4C(=O)N(c5ccc(-c6nc7ccccc7o6)cc5)C(=O)C42)C3c2cccc(O)c2)cc1. The fraction of sp³-hybridized carbons (Fsp3) is 0.196. The van der Waals surface area contributed by atoms with Crippen LogP contribution in [0.25, 0.3) is 22.6 Å². The summed E-state index contributed by atoms with van der Waals surface area (Å²) in [6.07, 6.45) is 2.30. The number of fused-ring (bicyclic) bond motifs is 5. The Kier molecular flexibility index (Phi) is 8.66. The number of phenolic OH excluding ortho intramolecular Hbond substituents is 1. The molecule has 6 unspecified atom stereocenters. The Bertz CT molecular complexity index is 2740. The van der Waals surface area contributed by atoms with Gasteiger partial charge in [-0.3, -0.25) is 29.5 Å². The lowest BCUT2D eigenvalue weighted by molar-refractivity contribution is -0.138. The Morgan fingerprint density at radius 1 is 0.847 bits per heavy atom. The molecule has 59 heavy (non-hydrogen) atoms. The number of imide groups is 2. The van der Waals surface area contributed by atoms with Crippen LogP contribution in [0.4, 0.5) is 11.4 Å². The summed E-state index contributed by atoms with van der Waals surface area (Å²) >= 11 is 12.8. The van der Waals surface area contributed by atoms with Crippen molar-refractivity contribution in [3.8, 4) is 23.0 Å². The van der Waals surface area contributed by atoms with Crippen LogP contribution in [0, 0.1) is 23.7 Å². The lowest BCUT2D eigenvalue weighted by Gasteiger charge is -2.50. The molecular weight excluding hydrogens is 791 g/mol. The fourth-order valence-corrected chi connectivity index (χ4v) is 10.4. The highest BCUT2D eigenvalue weighted by molar-refractivity contribution is 6.36. The number of amides is 4. The number of aromatic hydroxyl groups is 1. The maximum atomic E-state index is 15.4. The molecule has 0 spiro atoms. The highest BCUT2D eigenvalue weighted by Crippen LogP contribution is 2.64. The smallest absolute Gasteiger partial charge is 0.260 e. The van der Waals surface area contributed by atoms with Crippen LogP contribution < -0.4 is 15.1 Å². The highest BCUT2D eigenvalue weighted by atomic mass is 35.5. The number of methoxy groups -OCH3 is 1. The van der Waals surface area contributed by atoms with E-state index in [-0.39, 0.29) is 35.4 Å². The Labute approximate surface area is 347 Å². The molecule has 6 atom stereocenters. The lowest BCUT2D eigenvalue weighted by Crippen LogP contribution is -2.53. The molecule has 11 nitrogen and oxygen atoms in total. The number of oxazole rings is 1. The molecule has 0 bridgehead atoms. The van der Waals surface area contributed by atoms with Crippen LogP contribution in [-0.4, -0.2) is 45.8 Å². The maximum Gasteiger partial charge on any atom is 0.260 e. The number of benzene rings is 5. The number of phenols is 1. The standard InChI is InChI=1S/C46H34Cl2N4O7/c1-58-30-16-11-26(12-17-30)46-34(43(55)52(45(46)57)50-36-20-13-27(47)22-35(36)48)23-33-31(40(46)25-5-4-6-29(53)21-25)18-19-32-39(33)44(56)51(42(32)54)28-14-9-24(10-15-28)41-49-37-7-2-3-8-38(37)59-41/h2-18,20-22,32-34,39-40,50,53H,19,23H2,1H3. The average Bonchev–Trinajstić information content (AvgIpc) is 3.86. The number of hydrogen-bond acceptors (Lipinski definition) is 9. The number of aromatic nitrogens is 1. The number of hydrogen-bond donors (Lipinski definition) is 2. The average molecular weight is 826 g/mol. The minimum Gasteiger partial charge on any atom is -0.508 e. The zero-order valence-electron chi connectivity index (χ0n) is 31.3. The van der Waals surface area contributed by atoms with Crippen molar-refractivity contribution in [3.05, 3.63) is 148 Å². The molecule has 5 aromatic carbocycles. The number of para-hydroxylation sites is 2. The summed E-state index contributed by atoms with van der Waals surface area (Å²) in [6, 6.07) is 32.8. The van der Waals surface area contributed by atoms with E-state index in [2.05, 4.69) is 10.4 Å². The van der Waals surface area contributed by atoms with Gasteiger partial charge in [0.05, 0.1) is 46.7 Å². The second-order valence-corrected chi connectivity index (χ2v) is 16.2. The minimum atomic E-state index is -1.55. The van der Waals surface area contributed by atoms with Crippen molar-refractivity contribution in [1.82, 2.24) is 9.99 Å². The molecule has 13 heteroatoms. The van der Waals surface area contributed by atoms with E-state index in [1.807, 2.05) is 36.4 Å². The third kappa shape index (κ3) is 5.59. The first-order valence-corrected chi connectivity index (χ1v) is 19.9. The van der Waals surface area contributed by atoms with Gasteiger partial charge in [-0.2, -0.15) is 5.01 Å². The van der Waals surface area contributed by atoms with Crippen LogP contribution in [-0.2, 0) is 24.6 Å². The summed E-state index contributed by atoms with van der Waals surface area (Å²) in [7, 11) is 1.54. The van der Waals surface area contributed by atoms with Crippen LogP contribution in [0.5, 0.6) is 11.5 Å². The van der Waals surface area contributed by atoms with Crippen LogP contribution in [0.2, 0.25) is 10.0 Å². The van der Waals surface area contributed by atoms with Gasteiger partial charge in [0.2, 0.25) is 17.7 Å². The van der Waals surface area contributed by atoms with Crippen molar-refractivity contribution < 1.29 is 33.4 Å². The second-order valence-electron chi connectivity index (χ2n) is 15.4. The molecule has 2 N–H and O–H groups in total. The monoisotopic (exact) mass is 824 g/mol. The first-order valence-electron chi connectivity index (χ1n) is 19.2. The van der Waals surface area contributed by atoms with E-state index in [0.29, 0.717) is 55.8 Å². The number of carbonyl (C=O) groups is 4. The number of ether oxygens (including phenoxy) is 1. The molecule has 1 aromatic heterocycles. The molecular formula is C46H34Cl2N4O7. The summed E-state index contributed by atoms with van der Waals surface area (Å²) < 4.78 is 11.4. The molecule has 294 valence electrons. The molecule has 1 saturated carbocycles. The van der Waals surface area contributed by atoms with Gasteiger partial charge >= 0.3 is 0 Å². The summed E-state index contributed by atoms with van der Waals surface area (Å²) in [5.74, 6) is -4.78. The van der Waals surface area contributed by atoms with Crippen molar-refractivity contribution in [2.45, 2.75) is 24.2 Å². The van der Waals surface area contributed by atoms with Gasteiger partial charge in [0, 0.05) is 16.5 Å². The molecule has 6 aromatic rings. The first kappa shape index (κ1) is 36.9. The Morgan fingerprint density at radius 2 is 1.63 bits per heavy atom. The largest absolute Gasteiger partial charge is 0.508 e. The number of halogens is 2. The predicted octanol–water partition coefficient (Wildman–Crippen LogP) is 8.71. The maximum absolute atomic E-state index is 15.4. The molecule has 10 rings (SSSR count). The zero-order valence-corrected chi connectivity index (χ0v) is 32.9. The first-order chi connectivity index (χ1) is 28.6. The van der Waals surface area contributed by atoms with E-state index < -0.39 is 46.8 Å². The summed E-state index contributed by atoms with van der Waals surface area (Å²) in [5, 5.41) is 12.5. The summed E-state index contributed by atoms with van der Waals surface area (Å²) in [6.45, 7) is 0. The number of allylic oxidation sites excluding steroid dienone is 2. The van der Waals surface area contributed by atoms with E-state index in [1.165, 1.54) is 17.0 Å². The van der Waals surface area contributed by atoms with E-state index in [4.69, 9.17) is 32.4 Å². The normalized spacial score (nSPS) is 24.9. The van der Waals surface area contributed by atoms with Crippen molar-refractivity contribution in [1.29, 1.82) is 0 Å². The number of nitrogens with zero attached hydrogens (tertiary/aromatic N) is 3. The fourth-order valence-electron chi connectivity index (χ4n) is 9.93. The number of anilines is 2. The van der Waals surface area contributed by atoms with E-state index in [1.54, 1.807) is 79.9 Å². The van der Waals surface area contributed by atoms with Crippen molar-refractivity contribution in [2.75, 3.05) is 17.4 Å². The summed E-state index contributed by atoms with van der Waals surface area (Å²) in [5.41, 5.74) is 6.08. The van der Waals surface area contributed by atoms with Gasteiger partial charge in [-0.15, -0.1) is 0 Å². The van der Waals surface area contributed by atoms with Crippen molar-refractivity contribution >= 4 is 69.3 Å². The highest BCUT2D eigenvalue weighted by Gasteiger charge is 2.70. The van der Waals surface area contributed by atoms with Crippen LogP contribution in [0.1, 0.15) is 29.9 Å². The molecule has 4 amide bonds. The Balaban J connectivity index is 1.08. The third-order valence-corrected chi connectivity index (χ3v) is 13.0. The molecule has 3 fully saturated rings. The Morgan fingerprint density at radius 3 is 2.36 bits per heavy atom. The van der Waals surface area contributed by atoms with Crippen LogP contribution in [0.3, 0.4) is 0 Å². The van der Waals surface area contributed by atoms with Gasteiger partial charge in [0.15, 0.2) is 5.58 Å². The van der Waals surface area contributed by atoms with Gasteiger partial charge in [0.25, 0.3) is 11.8 Å². The van der Waals surface area contributed by atoms with Gasteiger partial charge in [-0.25, -0.2) is 4.98 Å². The van der Waals surface area contributed by atoms with Gasteiger partial charge in [0.1, 0.15) is 17.0 Å². The topological polar surface area (TPSA) is 142 Å². The van der Waals surface area contributed by atoms with Crippen molar-refractivity contribution in [2.24, 2.45) is 23.7 Å². The van der Waals surface area contributed by atoms with E-state index in [0.717, 1.165) is 10.6 Å². The van der Waals surface area contributed by atoms with Crippen LogP contribution in [0.15, 0.2) is 131 Å². The molecule has 3 heterocycles. The molecule has 2 aliphatic carbocycles. The van der Waals surface area contributed by atoms with E-state index >= 15 is 4.79 Å².